The van der Waals surface area contributed by atoms with Gasteiger partial charge in [0, 0.05) is 36.9 Å². The Morgan fingerprint density at radius 3 is 3.10 bits per heavy atom. The van der Waals surface area contributed by atoms with Gasteiger partial charge in [0.1, 0.15) is 10.7 Å². The standard InChI is InChI=1S/C20H22N6O2S/c1-3-4-17(28)26-9-12(2)7-13(10-26)23-18-14-5-6-21-19(14)22-8-15(18)20-25-24-16(11-27)29-20/h1,5-6,8,12-13,27H,4,7,9-11H2,2H3,(H2,21,22,23)/t12-,13+/m0/s1. The molecule has 1 aliphatic heterocycles. The summed E-state index contributed by atoms with van der Waals surface area (Å²) in [5.41, 5.74) is 2.50. The lowest BCUT2D eigenvalue weighted by Gasteiger charge is -2.37. The van der Waals surface area contributed by atoms with E-state index in [2.05, 4.69) is 38.3 Å². The van der Waals surface area contributed by atoms with Gasteiger partial charge >= 0.3 is 0 Å². The molecule has 3 aromatic heterocycles. The molecule has 0 radical (unpaired) electrons. The fraction of sp³-hybridized carbons (Fsp3) is 0.400. The average Bonchev–Trinajstić information content (AvgIpc) is 3.37. The number of hydrogen-bond donors (Lipinski definition) is 3. The van der Waals surface area contributed by atoms with Crippen LogP contribution in [0.4, 0.5) is 5.69 Å². The first-order valence-corrected chi connectivity index (χ1v) is 10.3. The maximum absolute atomic E-state index is 12.3. The predicted molar refractivity (Wildman–Crippen MR) is 112 cm³/mol. The van der Waals surface area contributed by atoms with Crippen LogP contribution in [0.1, 0.15) is 24.8 Å². The number of H-pyrrole nitrogens is 1. The molecule has 150 valence electrons. The van der Waals surface area contributed by atoms with Crippen molar-refractivity contribution in [3.63, 3.8) is 0 Å². The molecule has 1 aliphatic rings. The van der Waals surface area contributed by atoms with Crippen LogP contribution in [0.15, 0.2) is 18.5 Å². The summed E-state index contributed by atoms with van der Waals surface area (Å²) in [5.74, 6) is 2.79. The third-order valence-electron chi connectivity index (χ3n) is 5.03. The Labute approximate surface area is 172 Å². The molecule has 1 saturated heterocycles. The highest BCUT2D eigenvalue weighted by atomic mass is 32.1. The molecule has 0 aromatic carbocycles. The number of aromatic nitrogens is 4. The molecular formula is C20H22N6O2S. The minimum atomic E-state index is -0.146. The maximum atomic E-state index is 12.3. The Hall–Kier alpha value is -2.96. The van der Waals surface area contributed by atoms with E-state index in [9.17, 15) is 9.90 Å². The van der Waals surface area contributed by atoms with Crippen molar-refractivity contribution in [1.29, 1.82) is 0 Å². The van der Waals surface area contributed by atoms with Crippen LogP contribution in [0.5, 0.6) is 0 Å². The molecule has 4 heterocycles. The first-order valence-electron chi connectivity index (χ1n) is 9.46. The van der Waals surface area contributed by atoms with E-state index in [1.807, 2.05) is 17.2 Å². The lowest BCUT2D eigenvalue weighted by molar-refractivity contribution is -0.131. The van der Waals surface area contributed by atoms with Gasteiger partial charge in [-0.25, -0.2) is 4.98 Å². The Morgan fingerprint density at radius 1 is 1.48 bits per heavy atom. The van der Waals surface area contributed by atoms with Crippen molar-refractivity contribution in [2.45, 2.75) is 32.4 Å². The number of aliphatic hydroxyl groups is 1. The summed E-state index contributed by atoms with van der Waals surface area (Å²) < 4.78 is 0. The van der Waals surface area contributed by atoms with Crippen LogP contribution in [0.2, 0.25) is 0 Å². The smallest absolute Gasteiger partial charge is 0.234 e. The molecule has 29 heavy (non-hydrogen) atoms. The zero-order valence-corrected chi connectivity index (χ0v) is 16.9. The molecule has 3 N–H and O–H groups in total. The number of likely N-dealkylation sites (tertiary alicyclic amines) is 1. The predicted octanol–water partition coefficient (Wildman–Crippen LogP) is 2.25. The van der Waals surface area contributed by atoms with Crippen LogP contribution in [0.3, 0.4) is 0 Å². The summed E-state index contributed by atoms with van der Waals surface area (Å²) in [5, 5.41) is 23.4. The third kappa shape index (κ3) is 3.95. The Morgan fingerprint density at radius 2 is 2.34 bits per heavy atom. The highest BCUT2D eigenvalue weighted by Crippen LogP contribution is 2.36. The number of aliphatic hydroxyl groups excluding tert-OH is 1. The second-order valence-corrected chi connectivity index (χ2v) is 8.37. The van der Waals surface area contributed by atoms with E-state index < -0.39 is 0 Å². The molecular weight excluding hydrogens is 388 g/mol. The molecule has 0 aliphatic carbocycles. The van der Waals surface area contributed by atoms with Gasteiger partial charge in [0.15, 0.2) is 5.01 Å². The first-order chi connectivity index (χ1) is 14.1. The van der Waals surface area contributed by atoms with Gasteiger partial charge in [-0.3, -0.25) is 4.79 Å². The lowest BCUT2D eigenvalue weighted by atomic mass is 9.95. The summed E-state index contributed by atoms with van der Waals surface area (Å²) in [6.45, 7) is 3.31. The Kier molecular flexibility index (Phi) is 5.47. The second-order valence-electron chi connectivity index (χ2n) is 7.31. The van der Waals surface area contributed by atoms with Crippen LogP contribution in [0.25, 0.3) is 21.6 Å². The SMILES string of the molecule is C#CCC(=O)N1C[C@@H](C)C[C@@H](Nc2c(-c3nnc(CO)s3)cnc3[nH]ccc23)C1. The van der Waals surface area contributed by atoms with Gasteiger partial charge in [-0.05, 0) is 18.4 Å². The number of carbonyl (C=O) groups is 1. The quantitative estimate of drug-likeness (QED) is 0.557. The number of rotatable bonds is 5. The zero-order chi connectivity index (χ0) is 20.4. The normalized spacial score (nSPS) is 19.3. The number of amides is 1. The van der Waals surface area contributed by atoms with Gasteiger partial charge in [0.25, 0.3) is 0 Å². The molecule has 3 aromatic rings. The highest BCUT2D eigenvalue weighted by Gasteiger charge is 2.28. The number of hydrogen-bond acceptors (Lipinski definition) is 7. The molecule has 1 amide bonds. The van der Waals surface area contributed by atoms with E-state index in [1.54, 1.807) is 6.20 Å². The third-order valence-corrected chi connectivity index (χ3v) is 5.97. The molecule has 8 nitrogen and oxygen atoms in total. The monoisotopic (exact) mass is 410 g/mol. The van der Waals surface area contributed by atoms with E-state index in [0.717, 1.165) is 35.2 Å². The van der Waals surface area contributed by atoms with Crippen LogP contribution in [0, 0.1) is 18.3 Å². The van der Waals surface area contributed by atoms with E-state index in [1.165, 1.54) is 11.3 Å². The summed E-state index contributed by atoms with van der Waals surface area (Å²) >= 11 is 1.34. The lowest BCUT2D eigenvalue weighted by Crippen LogP contribution is -2.48. The summed E-state index contributed by atoms with van der Waals surface area (Å²) in [4.78, 5) is 21.8. The molecule has 0 saturated carbocycles. The fourth-order valence-electron chi connectivity index (χ4n) is 3.81. The van der Waals surface area contributed by atoms with Gasteiger partial charge in [0.2, 0.25) is 5.91 Å². The summed E-state index contributed by atoms with van der Waals surface area (Å²) in [6.07, 6.45) is 9.99. The van der Waals surface area contributed by atoms with Gasteiger partial charge in [-0.1, -0.05) is 24.2 Å². The number of nitrogens with one attached hydrogen (secondary N) is 2. The van der Waals surface area contributed by atoms with Crippen LogP contribution in [-0.4, -0.2) is 55.2 Å². The number of nitrogens with zero attached hydrogens (tertiary/aromatic N) is 4. The van der Waals surface area contributed by atoms with Gasteiger partial charge < -0.3 is 20.3 Å². The van der Waals surface area contributed by atoms with Gasteiger partial charge in [0.05, 0.1) is 24.3 Å². The highest BCUT2D eigenvalue weighted by molar-refractivity contribution is 7.14. The molecule has 9 heteroatoms. The molecule has 0 spiro atoms. The minimum Gasteiger partial charge on any atom is -0.389 e. The number of fused-ring (bicyclic) bond motifs is 1. The topological polar surface area (TPSA) is 107 Å². The number of piperidine rings is 1. The average molecular weight is 411 g/mol. The second kappa shape index (κ2) is 8.19. The number of carbonyl (C=O) groups excluding carboxylic acids is 1. The number of terminal acetylenes is 1. The van der Waals surface area contributed by atoms with Gasteiger partial charge in [-0.2, -0.15) is 0 Å². The molecule has 4 rings (SSSR count). The zero-order valence-electron chi connectivity index (χ0n) is 16.1. The number of pyridine rings is 1. The molecule has 1 fully saturated rings. The van der Waals surface area contributed by atoms with Crippen LogP contribution in [-0.2, 0) is 11.4 Å². The minimum absolute atomic E-state index is 0.00990. The summed E-state index contributed by atoms with van der Waals surface area (Å²) in [7, 11) is 0. The molecule has 0 bridgehead atoms. The number of anilines is 1. The van der Waals surface area contributed by atoms with Crippen LogP contribution >= 0.6 is 11.3 Å². The first kappa shape index (κ1) is 19.4. The van der Waals surface area contributed by atoms with Gasteiger partial charge in [-0.15, -0.1) is 16.6 Å². The van der Waals surface area contributed by atoms with Crippen molar-refractivity contribution in [1.82, 2.24) is 25.1 Å². The van der Waals surface area contributed by atoms with Crippen molar-refractivity contribution in [3.8, 4) is 22.9 Å². The van der Waals surface area contributed by atoms with E-state index in [4.69, 9.17) is 6.42 Å². The molecule has 2 atom stereocenters. The van der Waals surface area contributed by atoms with Crippen molar-refractivity contribution in [2.24, 2.45) is 5.92 Å². The van der Waals surface area contributed by atoms with E-state index in [0.29, 0.717) is 22.5 Å². The fourth-order valence-corrected chi connectivity index (χ4v) is 4.53. The Balaban J connectivity index is 1.67. The Bertz CT molecular complexity index is 1070. The van der Waals surface area contributed by atoms with Crippen molar-refractivity contribution in [2.75, 3.05) is 18.4 Å². The molecule has 0 unspecified atom stereocenters. The maximum Gasteiger partial charge on any atom is 0.234 e. The van der Waals surface area contributed by atoms with Crippen LogP contribution < -0.4 is 5.32 Å². The van der Waals surface area contributed by atoms with Crippen molar-refractivity contribution in [3.05, 3.63) is 23.5 Å². The van der Waals surface area contributed by atoms with Crippen molar-refractivity contribution >= 4 is 34.0 Å². The van der Waals surface area contributed by atoms with Crippen molar-refractivity contribution < 1.29 is 9.90 Å². The van der Waals surface area contributed by atoms with E-state index >= 15 is 0 Å². The largest absolute Gasteiger partial charge is 0.389 e. The number of aromatic amines is 1. The summed E-state index contributed by atoms with van der Waals surface area (Å²) in [6, 6.07) is 2.04. The van der Waals surface area contributed by atoms with E-state index in [-0.39, 0.29) is 25.0 Å².